The summed E-state index contributed by atoms with van der Waals surface area (Å²) in [5.41, 5.74) is 3.63. The van der Waals surface area contributed by atoms with E-state index in [4.69, 9.17) is 9.47 Å². The van der Waals surface area contributed by atoms with E-state index < -0.39 is 0 Å². The molecule has 1 N–H and O–H groups in total. The van der Waals surface area contributed by atoms with E-state index in [9.17, 15) is 0 Å². The molecule has 0 fully saturated rings. The number of aryl methyl sites for hydroxylation is 1. The van der Waals surface area contributed by atoms with Gasteiger partial charge in [0.15, 0.2) is 0 Å². The van der Waals surface area contributed by atoms with Gasteiger partial charge in [0.25, 0.3) is 0 Å². The van der Waals surface area contributed by atoms with Crippen LogP contribution in [0.3, 0.4) is 0 Å². The first-order chi connectivity index (χ1) is 9.76. The fourth-order valence-electron chi connectivity index (χ4n) is 2.49. The van der Waals surface area contributed by atoms with Crippen molar-refractivity contribution in [1.82, 2.24) is 5.32 Å². The molecule has 1 atom stereocenters. The van der Waals surface area contributed by atoms with Crippen LogP contribution in [0.4, 0.5) is 0 Å². The van der Waals surface area contributed by atoms with E-state index in [1.54, 1.807) is 0 Å². The Morgan fingerprint density at radius 3 is 2.95 bits per heavy atom. The van der Waals surface area contributed by atoms with Crippen molar-refractivity contribution in [3.8, 4) is 11.5 Å². The van der Waals surface area contributed by atoms with Gasteiger partial charge in [-0.3, -0.25) is 0 Å². The fraction of sp³-hybridized carbons (Fsp3) is 0.294. The van der Waals surface area contributed by atoms with Crippen molar-refractivity contribution >= 4 is 0 Å². The van der Waals surface area contributed by atoms with E-state index >= 15 is 0 Å². The minimum Gasteiger partial charge on any atom is -0.491 e. The number of likely N-dealkylation sites (N-methyl/N-ethyl adjacent to an activating group) is 1. The Bertz CT molecular complexity index is 610. The van der Waals surface area contributed by atoms with E-state index in [-0.39, 0.29) is 6.04 Å². The lowest BCUT2D eigenvalue weighted by Gasteiger charge is -2.09. The third-order valence-electron chi connectivity index (χ3n) is 3.60. The predicted octanol–water partition coefficient (Wildman–Crippen LogP) is 3.23. The zero-order chi connectivity index (χ0) is 13.9. The Morgan fingerprint density at radius 1 is 1.25 bits per heavy atom. The second kappa shape index (κ2) is 5.55. The molecular weight excluding hydrogens is 250 g/mol. The van der Waals surface area contributed by atoms with Gasteiger partial charge in [-0.25, -0.2) is 0 Å². The van der Waals surface area contributed by atoms with Crippen molar-refractivity contribution in [3.63, 3.8) is 0 Å². The van der Waals surface area contributed by atoms with Gasteiger partial charge in [0, 0.05) is 11.6 Å². The molecule has 0 amide bonds. The summed E-state index contributed by atoms with van der Waals surface area (Å²) in [6.45, 7) is 3.35. The van der Waals surface area contributed by atoms with Crippen molar-refractivity contribution in [1.29, 1.82) is 0 Å². The predicted molar refractivity (Wildman–Crippen MR) is 79.2 cm³/mol. The molecule has 1 aliphatic heterocycles. The lowest BCUT2D eigenvalue weighted by Crippen LogP contribution is -2.17. The van der Waals surface area contributed by atoms with Crippen LogP contribution in [-0.4, -0.2) is 13.7 Å². The topological polar surface area (TPSA) is 30.5 Å². The molecule has 1 unspecified atom stereocenters. The molecule has 0 saturated carbocycles. The number of benzene rings is 2. The van der Waals surface area contributed by atoms with Gasteiger partial charge in [-0.05, 0) is 31.7 Å². The fourth-order valence-corrected chi connectivity index (χ4v) is 2.49. The molecule has 0 radical (unpaired) electrons. The van der Waals surface area contributed by atoms with Gasteiger partial charge in [0.2, 0.25) is 0 Å². The summed E-state index contributed by atoms with van der Waals surface area (Å²) in [6, 6.07) is 14.7. The quantitative estimate of drug-likeness (QED) is 0.924. The Morgan fingerprint density at radius 2 is 2.15 bits per heavy atom. The van der Waals surface area contributed by atoms with Gasteiger partial charge in [0.05, 0.1) is 6.04 Å². The van der Waals surface area contributed by atoms with Gasteiger partial charge in [-0.2, -0.15) is 0 Å². The largest absolute Gasteiger partial charge is 0.491 e. The molecule has 1 heterocycles. The lowest BCUT2D eigenvalue weighted by atomic mass is 10.1. The first kappa shape index (κ1) is 13.0. The molecule has 1 aliphatic rings. The number of nitrogens with one attached hydrogen (secondary N) is 1. The lowest BCUT2D eigenvalue weighted by molar-refractivity contribution is 0.298. The maximum Gasteiger partial charge on any atom is 0.127 e. The van der Waals surface area contributed by atoms with Crippen LogP contribution < -0.4 is 14.8 Å². The molecule has 0 aliphatic carbocycles. The minimum atomic E-state index is 0.288. The molecule has 20 heavy (non-hydrogen) atoms. The first-order valence-electron chi connectivity index (χ1n) is 6.88. The van der Waals surface area contributed by atoms with Gasteiger partial charge in [0.1, 0.15) is 24.7 Å². The second-order valence-electron chi connectivity index (χ2n) is 5.13. The Kier molecular flexibility index (Phi) is 3.61. The number of hydrogen-bond donors (Lipinski definition) is 1. The van der Waals surface area contributed by atoms with Gasteiger partial charge < -0.3 is 14.8 Å². The average Bonchev–Trinajstić information content (AvgIpc) is 2.87. The summed E-state index contributed by atoms with van der Waals surface area (Å²) in [5.74, 6) is 1.77. The van der Waals surface area contributed by atoms with Gasteiger partial charge >= 0.3 is 0 Å². The van der Waals surface area contributed by atoms with E-state index in [1.165, 1.54) is 16.7 Å². The van der Waals surface area contributed by atoms with Crippen LogP contribution in [0, 0.1) is 6.92 Å². The Hall–Kier alpha value is -2.00. The summed E-state index contributed by atoms with van der Waals surface area (Å²) in [7, 11) is 1.95. The van der Waals surface area contributed by atoms with Crippen LogP contribution in [0.5, 0.6) is 11.5 Å². The number of hydrogen-bond acceptors (Lipinski definition) is 3. The Labute approximate surface area is 119 Å². The molecule has 0 aromatic heterocycles. The zero-order valence-corrected chi connectivity index (χ0v) is 11.8. The smallest absolute Gasteiger partial charge is 0.127 e. The van der Waals surface area contributed by atoms with Crippen molar-refractivity contribution in [2.75, 3.05) is 13.7 Å². The maximum atomic E-state index is 5.84. The molecule has 0 bridgehead atoms. The maximum absolute atomic E-state index is 5.84. The Balaban J connectivity index is 1.70. The molecule has 0 spiro atoms. The average molecular weight is 269 g/mol. The third kappa shape index (κ3) is 2.63. The summed E-state index contributed by atoms with van der Waals surface area (Å²) in [6.07, 6.45) is 0. The molecule has 3 rings (SSSR count). The van der Waals surface area contributed by atoms with E-state index in [0.717, 1.165) is 11.5 Å². The normalized spacial score (nSPS) is 16.6. The van der Waals surface area contributed by atoms with Crippen LogP contribution in [-0.2, 0) is 6.61 Å². The summed E-state index contributed by atoms with van der Waals surface area (Å²) >= 11 is 0. The minimum absolute atomic E-state index is 0.288. The van der Waals surface area contributed by atoms with Gasteiger partial charge in [-0.1, -0.05) is 29.8 Å². The highest BCUT2D eigenvalue weighted by molar-refractivity contribution is 5.45. The van der Waals surface area contributed by atoms with Crippen LogP contribution in [0.2, 0.25) is 0 Å². The van der Waals surface area contributed by atoms with Crippen LogP contribution in [0.25, 0.3) is 0 Å². The highest BCUT2D eigenvalue weighted by Crippen LogP contribution is 2.35. The standard InChI is InChI=1S/C17H19NO2/c1-12-4-3-5-13(8-12)10-19-14-6-7-15-16(18-2)11-20-17(15)9-14/h3-9,16,18H,10-11H2,1-2H3. The van der Waals surface area contributed by atoms with Crippen molar-refractivity contribution in [2.45, 2.75) is 19.6 Å². The summed E-state index contributed by atoms with van der Waals surface area (Å²) in [4.78, 5) is 0. The zero-order valence-electron chi connectivity index (χ0n) is 11.8. The van der Waals surface area contributed by atoms with Crippen LogP contribution in [0.1, 0.15) is 22.7 Å². The van der Waals surface area contributed by atoms with Crippen molar-refractivity contribution < 1.29 is 9.47 Å². The van der Waals surface area contributed by atoms with Crippen LogP contribution in [0.15, 0.2) is 42.5 Å². The summed E-state index contributed by atoms with van der Waals surface area (Å²) < 4.78 is 11.5. The van der Waals surface area contributed by atoms with E-state index in [1.807, 2.05) is 19.2 Å². The summed E-state index contributed by atoms with van der Waals surface area (Å²) in [5, 5.41) is 3.24. The van der Waals surface area contributed by atoms with E-state index in [2.05, 4.69) is 42.6 Å². The van der Waals surface area contributed by atoms with Crippen molar-refractivity contribution in [2.24, 2.45) is 0 Å². The van der Waals surface area contributed by atoms with E-state index in [0.29, 0.717) is 13.2 Å². The molecular formula is C17H19NO2. The molecule has 3 nitrogen and oxygen atoms in total. The number of rotatable bonds is 4. The molecule has 0 saturated heterocycles. The number of fused-ring (bicyclic) bond motifs is 1. The highest BCUT2D eigenvalue weighted by atomic mass is 16.5. The molecule has 3 heteroatoms. The number of ether oxygens (including phenoxy) is 2. The third-order valence-corrected chi connectivity index (χ3v) is 3.60. The monoisotopic (exact) mass is 269 g/mol. The van der Waals surface area contributed by atoms with Crippen molar-refractivity contribution in [3.05, 3.63) is 59.2 Å². The van der Waals surface area contributed by atoms with Crippen LogP contribution >= 0.6 is 0 Å². The SMILES string of the molecule is CNC1COc2cc(OCc3cccc(C)c3)ccc21. The highest BCUT2D eigenvalue weighted by Gasteiger charge is 2.22. The van der Waals surface area contributed by atoms with Gasteiger partial charge in [-0.15, -0.1) is 0 Å². The molecule has 104 valence electrons. The first-order valence-corrected chi connectivity index (χ1v) is 6.88. The second-order valence-corrected chi connectivity index (χ2v) is 5.13. The molecule has 2 aromatic rings. The molecule has 2 aromatic carbocycles.